The predicted octanol–water partition coefficient (Wildman–Crippen LogP) is 2.36. The van der Waals surface area contributed by atoms with Crippen molar-refractivity contribution in [2.75, 3.05) is 5.73 Å². The Kier molecular flexibility index (Phi) is 3.38. The van der Waals surface area contributed by atoms with E-state index in [1.54, 1.807) is 0 Å². The first-order valence-electron chi connectivity index (χ1n) is 4.85. The van der Waals surface area contributed by atoms with Gasteiger partial charge in [0.25, 0.3) is 0 Å². The summed E-state index contributed by atoms with van der Waals surface area (Å²) in [6.07, 6.45) is -4.51. The van der Waals surface area contributed by atoms with Crippen LogP contribution in [-0.4, -0.2) is 15.6 Å². The van der Waals surface area contributed by atoms with Gasteiger partial charge in [0, 0.05) is 0 Å². The maximum Gasteiger partial charge on any atom is 0.416 e. The maximum atomic E-state index is 12.5. The molecule has 0 amide bonds. The molecule has 0 radical (unpaired) electrons. The Morgan fingerprint density at radius 1 is 1.37 bits per heavy atom. The number of benzene rings is 1. The lowest BCUT2D eigenvalue weighted by atomic mass is 10.2. The van der Waals surface area contributed by atoms with Gasteiger partial charge in [-0.2, -0.15) is 13.2 Å². The molecule has 0 bridgehead atoms. The van der Waals surface area contributed by atoms with Crippen molar-refractivity contribution in [3.8, 4) is 5.75 Å². The molecular formula is C10H6F3N3O2S. The Balaban J connectivity index is 2.21. The number of halogens is 3. The highest BCUT2D eigenvalue weighted by Gasteiger charge is 2.31. The van der Waals surface area contributed by atoms with E-state index in [-0.39, 0.29) is 16.4 Å². The molecule has 1 aromatic carbocycles. The molecule has 1 heterocycles. The lowest BCUT2D eigenvalue weighted by Gasteiger charge is -2.08. The van der Waals surface area contributed by atoms with Gasteiger partial charge in [0.15, 0.2) is 10.7 Å². The predicted molar refractivity (Wildman–Crippen MR) is 60.7 cm³/mol. The second-order valence-corrected chi connectivity index (χ2v) is 4.16. The van der Waals surface area contributed by atoms with Gasteiger partial charge < -0.3 is 10.5 Å². The SMILES string of the molecule is Nc1nnsc1C(=O)Oc1cccc(C(F)(F)F)c1. The number of nitrogens with two attached hydrogens (primary N) is 1. The third-order valence-corrected chi connectivity index (χ3v) is 2.79. The van der Waals surface area contributed by atoms with Crippen LogP contribution in [0, 0.1) is 0 Å². The van der Waals surface area contributed by atoms with Crippen molar-refractivity contribution < 1.29 is 22.7 Å². The van der Waals surface area contributed by atoms with E-state index in [1.807, 2.05) is 0 Å². The Morgan fingerprint density at radius 2 is 2.11 bits per heavy atom. The number of hydrogen-bond donors (Lipinski definition) is 1. The molecule has 0 spiro atoms. The molecule has 0 atom stereocenters. The average Bonchev–Trinajstić information content (AvgIpc) is 2.75. The third kappa shape index (κ3) is 2.99. The Hall–Kier alpha value is -2.16. The summed E-state index contributed by atoms with van der Waals surface area (Å²) >= 11 is 0.704. The number of alkyl halides is 3. The van der Waals surface area contributed by atoms with E-state index in [4.69, 9.17) is 10.5 Å². The highest BCUT2D eigenvalue weighted by Crippen LogP contribution is 2.31. The second-order valence-electron chi connectivity index (χ2n) is 3.40. The van der Waals surface area contributed by atoms with Gasteiger partial charge in [-0.25, -0.2) is 4.79 Å². The van der Waals surface area contributed by atoms with Gasteiger partial charge >= 0.3 is 12.1 Å². The molecule has 100 valence electrons. The lowest BCUT2D eigenvalue weighted by Crippen LogP contribution is -2.10. The summed E-state index contributed by atoms with van der Waals surface area (Å²) in [5.41, 5.74) is 4.44. The van der Waals surface area contributed by atoms with Gasteiger partial charge in [-0.05, 0) is 29.7 Å². The van der Waals surface area contributed by atoms with E-state index in [0.29, 0.717) is 11.5 Å². The smallest absolute Gasteiger partial charge is 0.416 e. The second kappa shape index (κ2) is 4.84. The summed E-state index contributed by atoms with van der Waals surface area (Å²) < 4.78 is 45.6. The van der Waals surface area contributed by atoms with E-state index in [0.717, 1.165) is 18.2 Å². The number of hydrogen-bond acceptors (Lipinski definition) is 6. The Labute approximate surface area is 109 Å². The van der Waals surface area contributed by atoms with Crippen molar-refractivity contribution in [3.63, 3.8) is 0 Å². The molecule has 0 aliphatic rings. The van der Waals surface area contributed by atoms with Gasteiger partial charge in [-0.3, -0.25) is 0 Å². The molecule has 5 nitrogen and oxygen atoms in total. The standard InChI is InChI=1S/C10H6F3N3O2S/c11-10(12,13)5-2-1-3-6(4-5)18-9(17)7-8(14)15-16-19-7/h1-4H,14H2. The number of nitrogen functional groups attached to an aromatic ring is 1. The van der Waals surface area contributed by atoms with E-state index in [1.165, 1.54) is 6.07 Å². The van der Waals surface area contributed by atoms with Crippen LogP contribution in [0.15, 0.2) is 24.3 Å². The molecule has 1 aromatic heterocycles. The average molecular weight is 289 g/mol. The zero-order valence-electron chi connectivity index (χ0n) is 9.14. The number of ether oxygens (including phenoxy) is 1. The number of carbonyl (C=O) groups is 1. The molecule has 2 N–H and O–H groups in total. The van der Waals surface area contributed by atoms with Crippen molar-refractivity contribution in [2.45, 2.75) is 6.18 Å². The molecule has 0 saturated heterocycles. The fourth-order valence-electron chi connectivity index (χ4n) is 1.23. The van der Waals surface area contributed by atoms with Crippen LogP contribution in [-0.2, 0) is 6.18 Å². The van der Waals surface area contributed by atoms with Crippen LogP contribution in [0.3, 0.4) is 0 Å². The number of esters is 1. The zero-order valence-corrected chi connectivity index (χ0v) is 9.96. The summed E-state index contributed by atoms with van der Waals surface area (Å²) in [6.45, 7) is 0. The van der Waals surface area contributed by atoms with Crippen LogP contribution < -0.4 is 10.5 Å². The third-order valence-electron chi connectivity index (χ3n) is 2.07. The van der Waals surface area contributed by atoms with Crippen molar-refractivity contribution in [1.29, 1.82) is 0 Å². The maximum absolute atomic E-state index is 12.5. The monoisotopic (exact) mass is 289 g/mol. The molecule has 0 fully saturated rings. The minimum atomic E-state index is -4.51. The molecule has 9 heteroatoms. The first kappa shape index (κ1) is 13.3. The van der Waals surface area contributed by atoms with E-state index in [9.17, 15) is 18.0 Å². The molecule has 2 rings (SSSR count). The summed E-state index contributed by atoms with van der Waals surface area (Å²) in [4.78, 5) is 11.5. The highest BCUT2D eigenvalue weighted by atomic mass is 32.1. The number of rotatable bonds is 2. The number of aromatic nitrogens is 2. The molecular weight excluding hydrogens is 283 g/mol. The summed E-state index contributed by atoms with van der Waals surface area (Å²) in [7, 11) is 0. The van der Waals surface area contributed by atoms with Crippen LogP contribution in [0.5, 0.6) is 5.75 Å². The summed E-state index contributed by atoms with van der Waals surface area (Å²) in [6, 6.07) is 3.97. The van der Waals surface area contributed by atoms with Gasteiger partial charge in [0.2, 0.25) is 0 Å². The van der Waals surface area contributed by atoms with Gasteiger partial charge in [-0.15, -0.1) is 5.10 Å². The molecule has 0 aliphatic carbocycles. The molecule has 0 saturated carbocycles. The Bertz CT molecular complexity index is 612. The summed E-state index contributed by atoms with van der Waals surface area (Å²) in [5.74, 6) is -1.25. The van der Waals surface area contributed by atoms with Crippen LogP contribution in [0.25, 0.3) is 0 Å². The first-order valence-corrected chi connectivity index (χ1v) is 5.62. The number of carbonyl (C=O) groups excluding carboxylic acids is 1. The normalized spacial score (nSPS) is 11.3. The van der Waals surface area contributed by atoms with Crippen LogP contribution in [0.1, 0.15) is 15.2 Å². The van der Waals surface area contributed by atoms with Crippen LogP contribution in [0.2, 0.25) is 0 Å². The minimum absolute atomic E-state index is 0.0580. The van der Waals surface area contributed by atoms with Crippen LogP contribution in [0.4, 0.5) is 19.0 Å². The largest absolute Gasteiger partial charge is 0.422 e. The van der Waals surface area contributed by atoms with E-state index < -0.39 is 17.7 Å². The van der Waals surface area contributed by atoms with Crippen molar-refractivity contribution in [1.82, 2.24) is 9.59 Å². The van der Waals surface area contributed by atoms with Gasteiger partial charge in [0.05, 0.1) is 5.56 Å². The van der Waals surface area contributed by atoms with Crippen LogP contribution >= 0.6 is 11.5 Å². The van der Waals surface area contributed by atoms with E-state index >= 15 is 0 Å². The molecule has 0 unspecified atom stereocenters. The van der Waals surface area contributed by atoms with Crippen molar-refractivity contribution in [3.05, 3.63) is 34.7 Å². The van der Waals surface area contributed by atoms with E-state index in [2.05, 4.69) is 9.59 Å². The topological polar surface area (TPSA) is 78.1 Å². The zero-order chi connectivity index (χ0) is 14.0. The van der Waals surface area contributed by atoms with Gasteiger partial charge in [0.1, 0.15) is 5.75 Å². The molecule has 2 aromatic rings. The number of nitrogens with zero attached hydrogens (tertiary/aromatic N) is 2. The lowest BCUT2D eigenvalue weighted by molar-refractivity contribution is -0.137. The first-order chi connectivity index (χ1) is 8.88. The van der Waals surface area contributed by atoms with Gasteiger partial charge in [-0.1, -0.05) is 10.6 Å². The number of anilines is 1. The minimum Gasteiger partial charge on any atom is -0.422 e. The highest BCUT2D eigenvalue weighted by molar-refractivity contribution is 7.08. The Morgan fingerprint density at radius 3 is 2.68 bits per heavy atom. The molecule has 19 heavy (non-hydrogen) atoms. The quantitative estimate of drug-likeness (QED) is 0.678. The fourth-order valence-corrected chi connectivity index (χ4v) is 1.69. The molecule has 0 aliphatic heterocycles. The van der Waals surface area contributed by atoms with Crippen molar-refractivity contribution in [2.24, 2.45) is 0 Å². The van der Waals surface area contributed by atoms with Crippen molar-refractivity contribution >= 4 is 23.3 Å². The fraction of sp³-hybridized carbons (Fsp3) is 0.100. The summed E-state index contributed by atoms with van der Waals surface area (Å²) in [5, 5.41) is 3.40.